The molecule has 0 aliphatic heterocycles. The number of benzene rings is 1. The minimum Gasteiger partial charge on any atom is -0.497 e. The molecule has 4 heteroatoms. The van der Waals surface area contributed by atoms with Gasteiger partial charge < -0.3 is 9.72 Å². The van der Waals surface area contributed by atoms with E-state index in [1.165, 1.54) is 0 Å². The Morgan fingerprint density at radius 2 is 2.19 bits per heavy atom. The standard InChI is InChI=1S/C12H12N2O2/c1-8-7-13-12(15)14-11(8)9-4-3-5-10(6-9)16-2/h3-7H,1-2H3,(H,13,14,15). The topological polar surface area (TPSA) is 55.0 Å². The molecule has 0 atom stereocenters. The Kier molecular flexibility index (Phi) is 2.72. The number of aryl methyl sites for hydroxylation is 1. The zero-order valence-corrected chi connectivity index (χ0v) is 9.15. The van der Waals surface area contributed by atoms with E-state index in [1.54, 1.807) is 13.3 Å². The number of methoxy groups -OCH3 is 1. The van der Waals surface area contributed by atoms with Gasteiger partial charge in [0.25, 0.3) is 0 Å². The Morgan fingerprint density at radius 1 is 1.38 bits per heavy atom. The van der Waals surface area contributed by atoms with Crippen molar-refractivity contribution >= 4 is 0 Å². The van der Waals surface area contributed by atoms with E-state index in [0.29, 0.717) is 0 Å². The molecule has 0 fully saturated rings. The number of aromatic nitrogens is 2. The van der Waals surface area contributed by atoms with Gasteiger partial charge in [-0.2, -0.15) is 0 Å². The molecular formula is C12H12N2O2. The summed E-state index contributed by atoms with van der Waals surface area (Å²) in [4.78, 5) is 17.6. The number of H-pyrrole nitrogens is 1. The van der Waals surface area contributed by atoms with Gasteiger partial charge >= 0.3 is 5.69 Å². The van der Waals surface area contributed by atoms with E-state index >= 15 is 0 Å². The highest BCUT2D eigenvalue weighted by molar-refractivity contribution is 5.63. The summed E-state index contributed by atoms with van der Waals surface area (Å²) in [5.41, 5.74) is 2.27. The number of nitrogens with one attached hydrogen (secondary N) is 1. The Morgan fingerprint density at radius 3 is 2.94 bits per heavy atom. The van der Waals surface area contributed by atoms with Crippen LogP contribution in [0.4, 0.5) is 0 Å². The van der Waals surface area contributed by atoms with Gasteiger partial charge in [0.2, 0.25) is 0 Å². The van der Waals surface area contributed by atoms with Crippen LogP contribution in [-0.4, -0.2) is 17.1 Å². The lowest BCUT2D eigenvalue weighted by Crippen LogP contribution is -2.11. The molecule has 0 spiro atoms. The van der Waals surface area contributed by atoms with Crippen molar-refractivity contribution in [3.05, 3.63) is 46.5 Å². The van der Waals surface area contributed by atoms with Crippen molar-refractivity contribution in [1.82, 2.24) is 9.97 Å². The first-order valence-corrected chi connectivity index (χ1v) is 4.91. The van der Waals surface area contributed by atoms with Gasteiger partial charge in [-0.15, -0.1) is 0 Å². The van der Waals surface area contributed by atoms with E-state index in [4.69, 9.17) is 4.74 Å². The van der Waals surface area contributed by atoms with Crippen LogP contribution in [0.15, 0.2) is 35.3 Å². The molecule has 0 radical (unpaired) electrons. The van der Waals surface area contributed by atoms with Crippen LogP contribution in [0.3, 0.4) is 0 Å². The number of nitrogens with zero attached hydrogens (tertiary/aromatic N) is 1. The molecule has 0 aliphatic carbocycles. The number of hydrogen-bond donors (Lipinski definition) is 1. The van der Waals surface area contributed by atoms with Crippen molar-refractivity contribution in [3.63, 3.8) is 0 Å². The molecule has 0 unspecified atom stereocenters. The first-order chi connectivity index (χ1) is 7.70. The monoisotopic (exact) mass is 216 g/mol. The lowest BCUT2D eigenvalue weighted by Gasteiger charge is -2.06. The second-order valence-electron chi connectivity index (χ2n) is 3.48. The third-order valence-electron chi connectivity index (χ3n) is 2.36. The third-order valence-corrected chi connectivity index (χ3v) is 2.36. The predicted molar refractivity (Wildman–Crippen MR) is 61.6 cm³/mol. The maximum absolute atomic E-state index is 11.2. The maximum Gasteiger partial charge on any atom is 0.345 e. The second-order valence-corrected chi connectivity index (χ2v) is 3.48. The highest BCUT2D eigenvalue weighted by Gasteiger charge is 2.04. The largest absolute Gasteiger partial charge is 0.497 e. The molecule has 16 heavy (non-hydrogen) atoms. The summed E-state index contributed by atoms with van der Waals surface area (Å²) in [6, 6.07) is 7.53. The molecule has 0 saturated heterocycles. The average Bonchev–Trinajstić information content (AvgIpc) is 2.32. The zero-order valence-electron chi connectivity index (χ0n) is 9.15. The normalized spacial score (nSPS) is 10.1. The van der Waals surface area contributed by atoms with Crippen molar-refractivity contribution in [2.45, 2.75) is 6.92 Å². The van der Waals surface area contributed by atoms with Crippen molar-refractivity contribution in [1.29, 1.82) is 0 Å². The summed E-state index contributed by atoms with van der Waals surface area (Å²) in [5, 5.41) is 0. The summed E-state index contributed by atoms with van der Waals surface area (Å²) >= 11 is 0. The fraction of sp³-hybridized carbons (Fsp3) is 0.167. The van der Waals surface area contributed by atoms with Gasteiger partial charge in [-0.3, -0.25) is 0 Å². The van der Waals surface area contributed by atoms with E-state index in [1.807, 2.05) is 31.2 Å². The van der Waals surface area contributed by atoms with Crippen molar-refractivity contribution in [2.75, 3.05) is 7.11 Å². The Labute approximate surface area is 92.9 Å². The summed E-state index contributed by atoms with van der Waals surface area (Å²) in [5.74, 6) is 0.759. The average molecular weight is 216 g/mol. The molecule has 82 valence electrons. The molecular weight excluding hydrogens is 204 g/mol. The molecule has 2 aromatic rings. The zero-order chi connectivity index (χ0) is 11.5. The van der Waals surface area contributed by atoms with Gasteiger partial charge in [0.15, 0.2) is 0 Å². The number of hydrogen-bond acceptors (Lipinski definition) is 3. The first-order valence-electron chi connectivity index (χ1n) is 4.91. The quantitative estimate of drug-likeness (QED) is 0.832. The van der Waals surface area contributed by atoms with Gasteiger partial charge in [-0.1, -0.05) is 12.1 Å². The summed E-state index contributed by atoms with van der Waals surface area (Å²) < 4.78 is 5.14. The Balaban J connectivity index is 2.57. The highest BCUT2D eigenvalue weighted by atomic mass is 16.5. The minimum absolute atomic E-state index is 0.344. The summed E-state index contributed by atoms with van der Waals surface area (Å²) in [6.45, 7) is 1.90. The van der Waals surface area contributed by atoms with Gasteiger partial charge in [-0.05, 0) is 24.6 Å². The Bertz CT molecular complexity index is 561. The molecule has 1 N–H and O–H groups in total. The number of ether oxygens (including phenoxy) is 1. The van der Waals surface area contributed by atoms with Crippen LogP contribution < -0.4 is 10.4 Å². The van der Waals surface area contributed by atoms with Crippen LogP contribution in [0, 0.1) is 6.92 Å². The lowest BCUT2D eigenvalue weighted by atomic mass is 10.1. The summed E-state index contributed by atoms with van der Waals surface area (Å²) in [7, 11) is 1.61. The van der Waals surface area contributed by atoms with E-state index in [0.717, 1.165) is 22.6 Å². The van der Waals surface area contributed by atoms with Crippen LogP contribution in [0.5, 0.6) is 5.75 Å². The smallest absolute Gasteiger partial charge is 0.345 e. The van der Waals surface area contributed by atoms with Gasteiger partial charge in [0.1, 0.15) is 5.75 Å². The first kappa shape index (κ1) is 10.4. The van der Waals surface area contributed by atoms with Crippen LogP contribution >= 0.6 is 0 Å². The fourth-order valence-electron chi connectivity index (χ4n) is 1.54. The van der Waals surface area contributed by atoms with Crippen molar-refractivity contribution in [2.24, 2.45) is 0 Å². The SMILES string of the molecule is COc1cccc(-c2[nH]c(=O)ncc2C)c1. The van der Waals surface area contributed by atoms with Crippen molar-refractivity contribution in [3.8, 4) is 17.0 Å². The van der Waals surface area contributed by atoms with E-state index < -0.39 is 0 Å². The number of aromatic amines is 1. The van der Waals surface area contributed by atoms with Gasteiger partial charge in [0, 0.05) is 11.8 Å². The Hall–Kier alpha value is -2.10. The highest BCUT2D eigenvalue weighted by Crippen LogP contribution is 2.23. The molecule has 0 amide bonds. The fourth-order valence-corrected chi connectivity index (χ4v) is 1.54. The molecule has 0 saturated carbocycles. The number of rotatable bonds is 2. The molecule has 4 nitrogen and oxygen atoms in total. The summed E-state index contributed by atoms with van der Waals surface area (Å²) in [6.07, 6.45) is 1.56. The molecule has 1 heterocycles. The molecule has 1 aromatic heterocycles. The molecule has 2 rings (SSSR count). The minimum atomic E-state index is -0.344. The van der Waals surface area contributed by atoms with E-state index in [2.05, 4.69) is 9.97 Å². The van der Waals surface area contributed by atoms with E-state index in [-0.39, 0.29) is 5.69 Å². The van der Waals surface area contributed by atoms with Gasteiger partial charge in [0.05, 0.1) is 12.8 Å². The molecule has 0 aliphatic rings. The van der Waals surface area contributed by atoms with Crippen LogP contribution in [0.2, 0.25) is 0 Å². The maximum atomic E-state index is 11.2. The van der Waals surface area contributed by atoms with Crippen LogP contribution in [-0.2, 0) is 0 Å². The predicted octanol–water partition coefficient (Wildman–Crippen LogP) is 1.75. The van der Waals surface area contributed by atoms with Crippen LogP contribution in [0.1, 0.15) is 5.56 Å². The van der Waals surface area contributed by atoms with Crippen LogP contribution in [0.25, 0.3) is 11.3 Å². The molecule has 1 aromatic carbocycles. The second kappa shape index (κ2) is 4.18. The molecule has 0 bridgehead atoms. The van der Waals surface area contributed by atoms with E-state index in [9.17, 15) is 4.79 Å². The third kappa shape index (κ3) is 1.95. The van der Waals surface area contributed by atoms with Gasteiger partial charge in [-0.25, -0.2) is 9.78 Å². The van der Waals surface area contributed by atoms with Crippen molar-refractivity contribution < 1.29 is 4.74 Å². The lowest BCUT2D eigenvalue weighted by molar-refractivity contribution is 0.415.